The molecule has 2 aliphatic rings. The molecule has 1 aromatic heterocycles. The SMILES string of the molecule is Cc1ccc(-c2cc3c(n2CCN2CCOCC2)CCCC3=O)c(C)c1. The van der Waals surface area contributed by atoms with Crippen molar-refractivity contribution in [3.8, 4) is 11.3 Å². The molecule has 0 N–H and O–H groups in total. The van der Waals surface area contributed by atoms with Gasteiger partial charge in [0.2, 0.25) is 0 Å². The lowest BCUT2D eigenvalue weighted by Gasteiger charge is -2.28. The largest absolute Gasteiger partial charge is 0.379 e. The highest BCUT2D eigenvalue weighted by atomic mass is 16.5. The Bertz CT molecular complexity index is 816. The lowest BCUT2D eigenvalue weighted by molar-refractivity contribution is 0.0363. The number of hydrogen-bond acceptors (Lipinski definition) is 3. The average molecular weight is 352 g/mol. The first-order valence-corrected chi connectivity index (χ1v) is 9.77. The van der Waals surface area contributed by atoms with E-state index in [-0.39, 0.29) is 0 Å². The second kappa shape index (κ2) is 7.37. The number of ether oxygens (including phenoxy) is 1. The van der Waals surface area contributed by atoms with Crippen molar-refractivity contribution in [3.63, 3.8) is 0 Å². The summed E-state index contributed by atoms with van der Waals surface area (Å²) < 4.78 is 7.88. The summed E-state index contributed by atoms with van der Waals surface area (Å²) in [7, 11) is 0. The van der Waals surface area contributed by atoms with Crippen LogP contribution in [-0.2, 0) is 17.7 Å². The summed E-state index contributed by atoms with van der Waals surface area (Å²) in [6, 6.07) is 8.76. The number of fused-ring (bicyclic) bond motifs is 1. The lowest BCUT2D eigenvalue weighted by Crippen LogP contribution is -2.38. The molecule has 4 nitrogen and oxygen atoms in total. The van der Waals surface area contributed by atoms with Gasteiger partial charge in [-0.2, -0.15) is 0 Å². The van der Waals surface area contributed by atoms with E-state index in [9.17, 15) is 4.79 Å². The van der Waals surface area contributed by atoms with Crippen LogP contribution in [0.3, 0.4) is 0 Å². The van der Waals surface area contributed by atoms with Gasteiger partial charge in [-0.15, -0.1) is 0 Å². The fraction of sp³-hybridized carbons (Fsp3) is 0.500. The van der Waals surface area contributed by atoms with Crippen LogP contribution < -0.4 is 0 Å². The van der Waals surface area contributed by atoms with Crippen LogP contribution in [0.2, 0.25) is 0 Å². The van der Waals surface area contributed by atoms with E-state index in [1.807, 2.05) is 0 Å². The molecule has 1 aliphatic heterocycles. The van der Waals surface area contributed by atoms with Crippen molar-refractivity contribution >= 4 is 5.78 Å². The van der Waals surface area contributed by atoms with Gasteiger partial charge in [-0.1, -0.05) is 23.8 Å². The van der Waals surface area contributed by atoms with Crippen molar-refractivity contribution in [2.75, 3.05) is 32.8 Å². The minimum Gasteiger partial charge on any atom is -0.379 e. The van der Waals surface area contributed by atoms with Crippen LogP contribution in [0.4, 0.5) is 0 Å². The fourth-order valence-electron chi connectivity index (χ4n) is 4.30. The summed E-state index contributed by atoms with van der Waals surface area (Å²) in [6.07, 6.45) is 2.67. The van der Waals surface area contributed by atoms with Gasteiger partial charge < -0.3 is 9.30 Å². The molecular formula is C22H28N2O2. The van der Waals surface area contributed by atoms with Gasteiger partial charge in [0.25, 0.3) is 0 Å². The maximum Gasteiger partial charge on any atom is 0.164 e. The number of aryl methyl sites for hydroxylation is 2. The lowest BCUT2D eigenvalue weighted by atomic mass is 9.96. The van der Waals surface area contributed by atoms with E-state index in [1.54, 1.807) is 0 Å². The molecule has 138 valence electrons. The zero-order valence-corrected chi connectivity index (χ0v) is 15.9. The predicted molar refractivity (Wildman–Crippen MR) is 104 cm³/mol. The van der Waals surface area contributed by atoms with Crippen molar-refractivity contribution in [1.29, 1.82) is 0 Å². The van der Waals surface area contributed by atoms with Crippen LogP contribution in [0.5, 0.6) is 0 Å². The predicted octanol–water partition coefficient (Wildman–Crippen LogP) is 3.62. The molecule has 4 rings (SSSR count). The smallest absolute Gasteiger partial charge is 0.164 e. The molecule has 1 fully saturated rings. The van der Waals surface area contributed by atoms with Crippen molar-refractivity contribution < 1.29 is 9.53 Å². The number of nitrogens with zero attached hydrogens (tertiary/aromatic N) is 2. The molecule has 1 saturated heterocycles. The maximum atomic E-state index is 12.5. The second-order valence-corrected chi connectivity index (χ2v) is 7.59. The molecule has 2 aromatic rings. The van der Waals surface area contributed by atoms with E-state index < -0.39 is 0 Å². The normalized spacial score (nSPS) is 18.2. The van der Waals surface area contributed by atoms with Crippen molar-refractivity contribution in [1.82, 2.24) is 9.47 Å². The zero-order valence-electron chi connectivity index (χ0n) is 15.9. The Balaban J connectivity index is 1.71. The first-order valence-electron chi connectivity index (χ1n) is 9.77. The van der Waals surface area contributed by atoms with Crippen molar-refractivity contribution in [2.45, 2.75) is 39.7 Å². The number of carbonyl (C=O) groups is 1. The Labute approximate surface area is 155 Å². The highest BCUT2D eigenvalue weighted by Crippen LogP contribution is 2.33. The number of Topliss-reactive ketones (excluding diaryl/α,β-unsaturated/α-hetero) is 1. The number of benzene rings is 1. The summed E-state index contributed by atoms with van der Waals surface area (Å²) in [5.41, 5.74) is 7.20. The van der Waals surface area contributed by atoms with Gasteiger partial charge in [0.05, 0.1) is 13.2 Å². The summed E-state index contributed by atoms with van der Waals surface area (Å²) >= 11 is 0. The molecule has 4 heteroatoms. The quantitative estimate of drug-likeness (QED) is 0.843. The molecule has 0 saturated carbocycles. The van der Waals surface area contributed by atoms with E-state index in [0.717, 1.165) is 57.8 Å². The summed E-state index contributed by atoms with van der Waals surface area (Å²) in [6.45, 7) is 9.90. The van der Waals surface area contributed by atoms with Crippen LogP contribution in [0, 0.1) is 13.8 Å². The van der Waals surface area contributed by atoms with Crippen LogP contribution >= 0.6 is 0 Å². The van der Waals surface area contributed by atoms with E-state index in [1.165, 1.54) is 28.1 Å². The monoisotopic (exact) mass is 352 g/mol. The van der Waals surface area contributed by atoms with Crippen LogP contribution in [0.25, 0.3) is 11.3 Å². The van der Waals surface area contributed by atoms with Gasteiger partial charge in [-0.3, -0.25) is 9.69 Å². The van der Waals surface area contributed by atoms with Crippen molar-refractivity contribution in [2.24, 2.45) is 0 Å². The van der Waals surface area contributed by atoms with Crippen LogP contribution in [-0.4, -0.2) is 48.1 Å². The van der Waals surface area contributed by atoms with Crippen molar-refractivity contribution in [3.05, 3.63) is 46.6 Å². The Hall–Kier alpha value is -1.91. The highest BCUT2D eigenvalue weighted by Gasteiger charge is 2.25. The van der Waals surface area contributed by atoms with Gasteiger partial charge >= 0.3 is 0 Å². The number of ketones is 1. The average Bonchev–Trinajstić information content (AvgIpc) is 3.00. The molecule has 26 heavy (non-hydrogen) atoms. The number of carbonyl (C=O) groups excluding carboxylic acids is 1. The number of aromatic nitrogens is 1. The molecule has 0 unspecified atom stereocenters. The molecule has 1 aromatic carbocycles. The summed E-state index contributed by atoms with van der Waals surface area (Å²) in [4.78, 5) is 15.0. The molecule has 0 atom stereocenters. The zero-order chi connectivity index (χ0) is 18.1. The van der Waals surface area contributed by atoms with Gasteiger partial charge in [-0.05, 0) is 38.3 Å². The van der Waals surface area contributed by atoms with E-state index >= 15 is 0 Å². The molecule has 2 heterocycles. The van der Waals surface area contributed by atoms with Gasteiger partial charge in [0.1, 0.15) is 0 Å². The fourth-order valence-corrected chi connectivity index (χ4v) is 4.30. The van der Waals surface area contributed by atoms with Gasteiger partial charge in [-0.25, -0.2) is 0 Å². The van der Waals surface area contributed by atoms with E-state index in [2.05, 4.69) is 47.6 Å². The summed E-state index contributed by atoms with van der Waals surface area (Å²) in [5, 5.41) is 0. The Kier molecular flexibility index (Phi) is 4.96. The topological polar surface area (TPSA) is 34.5 Å². The van der Waals surface area contributed by atoms with Gasteiger partial charge in [0, 0.05) is 55.1 Å². The molecule has 1 aliphatic carbocycles. The number of rotatable bonds is 4. The third-order valence-electron chi connectivity index (χ3n) is 5.73. The minimum atomic E-state index is 0.308. The summed E-state index contributed by atoms with van der Waals surface area (Å²) in [5.74, 6) is 0.308. The van der Waals surface area contributed by atoms with Crippen LogP contribution in [0.1, 0.15) is 40.0 Å². The molecule has 0 radical (unpaired) electrons. The first kappa shape index (κ1) is 17.5. The van der Waals surface area contributed by atoms with E-state index in [4.69, 9.17) is 4.74 Å². The number of morpholine rings is 1. The minimum absolute atomic E-state index is 0.308. The standard InChI is InChI=1S/C22H28N2O2/c1-16-6-7-18(17(2)14-16)21-15-19-20(4-3-5-22(19)25)24(21)9-8-23-10-12-26-13-11-23/h6-7,14-15H,3-5,8-13H2,1-2H3. The Morgan fingerprint density at radius 1 is 1.00 bits per heavy atom. The third-order valence-corrected chi connectivity index (χ3v) is 5.73. The molecule has 0 amide bonds. The second-order valence-electron chi connectivity index (χ2n) is 7.59. The first-order chi connectivity index (χ1) is 12.6. The molecule has 0 spiro atoms. The molecular weight excluding hydrogens is 324 g/mol. The third kappa shape index (κ3) is 3.36. The molecule has 0 bridgehead atoms. The highest BCUT2D eigenvalue weighted by molar-refractivity contribution is 5.99. The van der Waals surface area contributed by atoms with Gasteiger partial charge in [0.15, 0.2) is 5.78 Å². The number of hydrogen-bond donors (Lipinski definition) is 0. The van der Waals surface area contributed by atoms with Crippen LogP contribution in [0.15, 0.2) is 24.3 Å². The Morgan fingerprint density at radius 3 is 2.58 bits per heavy atom. The van der Waals surface area contributed by atoms with E-state index in [0.29, 0.717) is 12.2 Å². The maximum absolute atomic E-state index is 12.5. The Morgan fingerprint density at radius 2 is 1.81 bits per heavy atom.